The molecule has 1 N–H and O–H groups in total. The number of ether oxygens (including phenoxy) is 1. The standard InChI is InChI=1S/C16H22ClN3O/c1-10(2)18-9-13-12(4)19-20(5)16(13)21-15-8-11(3)6-7-14(15)17/h6-8,10,18H,9H2,1-5H3. The Morgan fingerprint density at radius 2 is 2.05 bits per heavy atom. The summed E-state index contributed by atoms with van der Waals surface area (Å²) in [7, 11) is 1.88. The number of nitrogens with zero attached hydrogens (tertiary/aromatic N) is 2. The van der Waals surface area contributed by atoms with Crippen molar-refractivity contribution in [2.24, 2.45) is 7.05 Å². The highest BCUT2D eigenvalue weighted by atomic mass is 35.5. The summed E-state index contributed by atoms with van der Waals surface area (Å²) in [6, 6.07) is 6.15. The minimum atomic E-state index is 0.403. The molecule has 1 aromatic carbocycles. The van der Waals surface area contributed by atoms with Gasteiger partial charge in [-0.3, -0.25) is 0 Å². The van der Waals surface area contributed by atoms with E-state index in [1.807, 2.05) is 39.1 Å². The molecule has 0 aliphatic rings. The summed E-state index contributed by atoms with van der Waals surface area (Å²) >= 11 is 6.21. The van der Waals surface area contributed by atoms with Gasteiger partial charge in [-0.1, -0.05) is 31.5 Å². The van der Waals surface area contributed by atoms with E-state index in [0.29, 0.717) is 16.8 Å². The first-order chi connectivity index (χ1) is 9.88. The maximum atomic E-state index is 6.21. The second-order valence-corrected chi connectivity index (χ2v) is 5.97. The molecule has 0 amide bonds. The molecule has 0 saturated heterocycles. The smallest absolute Gasteiger partial charge is 0.222 e. The van der Waals surface area contributed by atoms with E-state index in [0.717, 1.165) is 29.2 Å². The molecule has 0 aliphatic carbocycles. The van der Waals surface area contributed by atoms with Crippen LogP contribution in [0, 0.1) is 13.8 Å². The van der Waals surface area contributed by atoms with E-state index < -0.39 is 0 Å². The van der Waals surface area contributed by atoms with Gasteiger partial charge in [0, 0.05) is 19.6 Å². The SMILES string of the molecule is Cc1ccc(Cl)c(Oc2c(CNC(C)C)c(C)nn2C)c1. The van der Waals surface area contributed by atoms with Gasteiger partial charge in [0.05, 0.1) is 16.3 Å². The molecule has 2 aromatic rings. The monoisotopic (exact) mass is 307 g/mol. The third-order valence-corrected chi connectivity index (χ3v) is 3.58. The van der Waals surface area contributed by atoms with Gasteiger partial charge in [-0.15, -0.1) is 0 Å². The van der Waals surface area contributed by atoms with Crippen LogP contribution in [0.15, 0.2) is 18.2 Å². The van der Waals surface area contributed by atoms with Crippen molar-refractivity contribution >= 4 is 11.6 Å². The van der Waals surface area contributed by atoms with Crippen LogP contribution in [-0.2, 0) is 13.6 Å². The van der Waals surface area contributed by atoms with Crippen molar-refractivity contribution in [3.8, 4) is 11.6 Å². The molecule has 2 rings (SSSR count). The summed E-state index contributed by atoms with van der Waals surface area (Å²) in [6.07, 6.45) is 0. The Balaban J connectivity index is 2.32. The molecule has 0 atom stereocenters. The van der Waals surface area contributed by atoms with Gasteiger partial charge in [0.2, 0.25) is 5.88 Å². The number of hydrogen-bond acceptors (Lipinski definition) is 3. The maximum absolute atomic E-state index is 6.21. The summed E-state index contributed by atoms with van der Waals surface area (Å²) in [4.78, 5) is 0. The fraction of sp³-hybridized carbons (Fsp3) is 0.438. The number of aryl methyl sites for hydroxylation is 3. The minimum absolute atomic E-state index is 0.403. The van der Waals surface area contributed by atoms with Gasteiger partial charge in [-0.2, -0.15) is 5.10 Å². The molecule has 0 bridgehead atoms. The van der Waals surface area contributed by atoms with Gasteiger partial charge in [0.1, 0.15) is 5.75 Å². The molecular weight excluding hydrogens is 286 g/mol. The van der Waals surface area contributed by atoms with Crippen LogP contribution in [-0.4, -0.2) is 15.8 Å². The molecule has 1 aromatic heterocycles. The maximum Gasteiger partial charge on any atom is 0.222 e. The van der Waals surface area contributed by atoms with Crippen molar-refractivity contribution in [2.45, 2.75) is 40.3 Å². The van der Waals surface area contributed by atoms with E-state index in [1.54, 1.807) is 4.68 Å². The number of aromatic nitrogens is 2. The summed E-state index contributed by atoms with van der Waals surface area (Å²) in [5, 5.41) is 8.45. The summed E-state index contributed by atoms with van der Waals surface area (Å²) < 4.78 is 7.79. The summed E-state index contributed by atoms with van der Waals surface area (Å²) in [5.41, 5.74) is 3.13. The van der Waals surface area contributed by atoms with Crippen LogP contribution in [0.25, 0.3) is 0 Å². The lowest BCUT2D eigenvalue weighted by molar-refractivity contribution is 0.422. The van der Waals surface area contributed by atoms with Crippen LogP contribution in [0.5, 0.6) is 11.6 Å². The van der Waals surface area contributed by atoms with Crippen LogP contribution in [0.1, 0.15) is 30.7 Å². The van der Waals surface area contributed by atoms with E-state index in [1.165, 1.54) is 0 Å². The number of rotatable bonds is 5. The highest BCUT2D eigenvalue weighted by molar-refractivity contribution is 6.32. The molecule has 0 fully saturated rings. The van der Waals surface area contributed by atoms with Gasteiger partial charge in [-0.05, 0) is 31.5 Å². The zero-order valence-corrected chi connectivity index (χ0v) is 14.0. The van der Waals surface area contributed by atoms with Crippen molar-refractivity contribution in [2.75, 3.05) is 0 Å². The van der Waals surface area contributed by atoms with Gasteiger partial charge in [-0.25, -0.2) is 4.68 Å². The molecule has 5 heteroatoms. The quantitative estimate of drug-likeness (QED) is 0.908. The van der Waals surface area contributed by atoms with Crippen molar-refractivity contribution < 1.29 is 4.74 Å². The normalized spacial score (nSPS) is 11.2. The Kier molecular flexibility index (Phi) is 4.91. The predicted octanol–water partition coefficient (Wildman–Crippen LogP) is 3.98. The second-order valence-electron chi connectivity index (χ2n) is 5.56. The molecule has 0 aliphatic heterocycles. The topological polar surface area (TPSA) is 39.1 Å². The molecule has 0 unspecified atom stereocenters. The molecule has 4 nitrogen and oxygen atoms in total. The average Bonchev–Trinajstić information content (AvgIpc) is 2.66. The van der Waals surface area contributed by atoms with E-state index in [9.17, 15) is 0 Å². The molecular formula is C16H22ClN3O. The van der Waals surface area contributed by atoms with Gasteiger partial charge < -0.3 is 10.1 Å². The van der Waals surface area contributed by atoms with E-state index in [4.69, 9.17) is 16.3 Å². The van der Waals surface area contributed by atoms with E-state index >= 15 is 0 Å². The van der Waals surface area contributed by atoms with E-state index in [2.05, 4.69) is 24.3 Å². The first-order valence-electron chi connectivity index (χ1n) is 7.08. The fourth-order valence-corrected chi connectivity index (χ4v) is 2.27. The Bertz CT molecular complexity index is 635. The molecule has 1 heterocycles. The van der Waals surface area contributed by atoms with E-state index in [-0.39, 0.29) is 0 Å². The summed E-state index contributed by atoms with van der Waals surface area (Å²) in [6.45, 7) is 8.95. The zero-order valence-electron chi connectivity index (χ0n) is 13.2. The van der Waals surface area contributed by atoms with Gasteiger partial charge in [0.15, 0.2) is 0 Å². The first-order valence-corrected chi connectivity index (χ1v) is 7.46. The highest BCUT2D eigenvalue weighted by Crippen LogP contribution is 2.32. The van der Waals surface area contributed by atoms with Crippen LogP contribution >= 0.6 is 11.6 Å². The van der Waals surface area contributed by atoms with Crippen molar-refractivity contribution in [1.82, 2.24) is 15.1 Å². The largest absolute Gasteiger partial charge is 0.437 e. The Hall–Kier alpha value is -1.52. The van der Waals surface area contributed by atoms with Crippen LogP contribution < -0.4 is 10.1 Å². The van der Waals surface area contributed by atoms with Crippen molar-refractivity contribution in [3.05, 3.63) is 40.0 Å². The lowest BCUT2D eigenvalue weighted by atomic mass is 10.2. The average molecular weight is 308 g/mol. The highest BCUT2D eigenvalue weighted by Gasteiger charge is 2.16. The lowest BCUT2D eigenvalue weighted by Gasteiger charge is -2.12. The zero-order chi connectivity index (χ0) is 15.6. The minimum Gasteiger partial charge on any atom is -0.437 e. The third kappa shape index (κ3) is 3.77. The summed E-state index contributed by atoms with van der Waals surface area (Å²) in [5.74, 6) is 1.39. The number of hydrogen-bond donors (Lipinski definition) is 1. The third-order valence-electron chi connectivity index (χ3n) is 3.27. The van der Waals surface area contributed by atoms with Crippen molar-refractivity contribution in [1.29, 1.82) is 0 Å². The number of benzene rings is 1. The van der Waals surface area contributed by atoms with Crippen LogP contribution in [0.4, 0.5) is 0 Å². The van der Waals surface area contributed by atoms with Crippen LogP contribution in [0.3, 0.4) is 0 Å². The molecule has 0 spiro atoms. The first kappa shape index (κ1) is 15.9. The van der Waals surface area contributed by atoms with Crippen molar-refractivity contribution in [3.63, 3.8) is 0 Å². The van der Waals surface area contributed by atoms with Gasteiger partial charge >= 0.3 is 0 Å². The Morgan fingerprint density at radius 3 is 2.71 bits per heavy atom. The predicted molar refractivity (Wildman–Crippen MR) is 86.2 cm³/mol. The molecule has 0 saturated carbocycles. The molecule has 114 valence electrons. The lowest BCUT2D eigenvalue weighted by Crippen LogP contribution is -2.22. The number of nitrogens with one attached hydrogen (secondary N) is 1. The molecule has 0 radical (unpaired) electrons. The van der Waals surface area contributed by atoms with Gasteiger partial charge in [0.25, 0.3) is 0 Å². The fourth-order valence-electron chi connectivity index (χ4n) is 2.11. The number of halogens is 1. The van der Waals surface area contributed by atoms with Crippen LogP contribution in [0.2, 0.25) is 5.02 Å². The Labute approximate surface area is 131 Å². The second kappa shape index (κ2) is 6.50. The molecule has 21 heavy (non-hydrogen) atoms. The Morgan fingerprint density at radius 1 is 1.33 bits per heavy atom.